The number of carbonyl (C=O) groups excluding carboxylic acids is 1. The smallest absolute Gasteiger partial charge is 0.268 e. The van der Waals surface area contributed by atoms with Crippen LogP contribution < -0.4 is 20.9 Å². The van der Waals surface area contributed by atoms with Crippen molar-refractivity contribution in [3.8, 4) is 0 Å². The van der Waals surface area contributed by atoms with Gasteiger partial charge in [0.1, 0.15) is 15.5 Å². The summed E-state index contributed by atoms with van der Waals surface area (Å²) in [6.07, 6.45) is 4.22. The van der Waals surface area contributed by atoms with E-state index in [2.05, 4.69) is 20.0 Å². The molecule has 0 radical (unpaired) electrons. The molecule has 2 heterocycles. The number of carbonyl (C=O) groups is 1. The Balaban J connectivity index is 0.000000228. The highest BCUT2D eigenvalue weighted by molar-refractivity contribution is 7.90. The zero-order valence-corrected chi connectivity index (χ0v) is 15.3. The number of primary sulfonamides is 1. The minimum Gasteiger partial charge on any atom is -0.370 e. The molecule has 1 amide bonds. The molecule has 14 heteroatoms. The Kier molecular flexibility index (Phi) is 5.77. The summed E-state index contributed by atoms with van der Waals surface area (Å²) in [5.74, 6) is -0.553. The van der Waals surface area contributed by atoms with Gasteiger partial charge in [0, 0.05) is 12.4 Å². The highest BCUT2D eigenvalue weighted by atomic mass is 35.5. The molecule has 1 aromatic carbocycles. The standard InChI is InChI=1S/C7H8ClN3O4S2.C5H5N3O/c8-4-1-5-7(2-6(4)16(9,12)13)17(14,15)11-3-10-5;6-5(9)4-3-7-1-2-8-4/h1-2,10-11H,3H2,(H2,9,12,13);1-3H,(H2,6,9). The van der Waals surface area contributed by atoms with Crippen molar-refractivity contribution < 1.29 is 21.6 Å². The molecular formula is C12H13ClN6O5S2. The van der Waals surface area contributed by atoms with Crippen molar-refractivity contribution in [2.24, 2.45) is 10.9 Å². The number of sulfonamides is 2. The maximum atomic E-state index is 11.6. The largest absolute Gasteiger partial charge is 0.370 e. The van der Waals surface area contributed by atoms with Crippen LogP contribution in [0.25, 0.3) is 0 Å². The van der Waals surface area contributed by atoms with Gasteiger partial charge in [-0.25, -0.2) is 27.0 Å². The molecule has 2 aromatic rings. The maximum Gasteiger partial charge on any atom is 0.268 e. The number of benzene rings is 1. The molecule has 0 saturated heterocycles. The Morgan fingerprint density at radius 1 is 1.27 bits per heavy atom. The molecule has 0 spiro atoms. The number of nitrogens with zero attached hydrogens (tertiary/aromatic N) is 2. The summed E-state index contributed by atoms with van der Waals surface area (Å²) in [5.41, 5.74) is 5.30. The van der Waals surface area contributed by atoms with E-state index in [1.807, 2.05) is 0 Å². The number of anilines is 1. The van der Waals surface area contributed by atoms with Gasteiger partial charge in [-0.15, -0.1) is 0 Å². The van der Waals surface area contributed by atoms with Gasteiger partial charge in [-0.3, -0.25) is 9.78 Å². The second kappa shape index (κ2) is 7.51. The summed E-state index contributed by atoms with van der Waals surface area (Å²) in [6.45, 7) is 0.0143. The van der Waals surface area contributed by atoms with Gasteiger partial charge < -0.3 is 11.1 Å². The number of primary amides is 1. The third-order valence-corrected chi connectivity index (χ3v) is 5.80. The molecular weight excluding hydrogens is 408 g/mol. The van der Waals surface area contributed by atoms with Gasteiger partial charge in [-0.05, 0) is 12.1 Å². The third-order valence-electron chi connectivity index (χ3n) is 2.99. The van der Waals surface area contributed by atoms with Gasteiger partial charge in [0.2, 0.25) is 20.0 Å². The molecule has 0 saturated carbocycles. The fourth-order valence-electron chi connectivity index (χ4n) is 1.84. The molecule has 0 atom stereocenters. The first-order valence-electron chi connectivity index (χ1n) is 6.68. The summed E-state index contributed by atoms with van der Waals surface area (Å²) in [5, 5.41) is 7.53. The molecule has 6 N–H and O–H groups in total. The van der Waals surface area contributed by atoms with E-state index in [1.165, 1.54) is 24.7 Å². The summed E-state index contributed by atoms with van der Waals surface area (Å²) in [6, 6.07) is 2.15. The summed E-state index contributed by atoms with van der Waals surface area (Å²) >= 11 is 5.72. The fraction of sp³-hybridized carbons (Fsp3) is 0.0833. The Hall–Kier alpha value is -2.32. The first-order chi connectivity index (χ1) is 12.0. The van der Waals surface area contributed by atoms with E-state index in [1.54, 1.807) is 0 Å². The molecule has 3 rings (SSSR count). The third kappa shape index (κ3) is 4.64. The molecule has 0 aliphatic carbocycles. The molecule has 0 bridgehead atoms. The number of nitrogens with one attached hydrogen (secondary N) is 2. The quantitative estimate of drug-likeness (QED) is 0.486. The van der Waals surface area contributed by atoms with Crippen LogP contribution in [0.3, 0.4) is 0 Å². The topological polar surface area (TPSA) is 187 Å². The maximum absolute atomic E-state index is 11.6. The van der Waals surface area contributed by atoms with Gasteiger partial charge in [0.25, 0.3) is 5.91 Å². The number of halogens is 1. The number of hydrogen-bond acceptors (Lipinski definition) is 8. The lowest BCUT2D eigenvalue weighted by molar-refractivity contribution is 0.0995. The van der Waals surface area contributed by atoms with Crippen LogP contribution >= 0.6 is 11.6 Å². The van der Waals surface area contributed by atoms with Crippen LogP contribution in [0.15, 0.2) is 40.5 Å². The van der Waals surface area contributed by atoms with E-state index in [-0.39, 0.29) is 28.0 Å². The van der Waals surface area contributed by atoms with Gasteiger partial charge in [0.15, 0.2) is 0 Å². The Bertz CT molecular complexity index is 1040. The van der Waals surface area contributed by atoms with Crippen molar-refractivity contribution in [2.75, 3.05) is 12.0 Å². The molecule has 11 nitrogen and oxygen atoms in total. The normalized spacial score (nSPS) is 15.0. The van der Waals surface area contributed by atoms with Crippen molar-refractivity contribution in [1.82, 2.24) is 14.7 Å². The molecule has 0 unspecified atom stereocenters. The Morgan fingerprint density at radius 2 is 1.96 bits per heavy atom. The van der Waals surface area contributed by atoms with Gasteiger partial charge in [-0.2, -0.15) is 4.72 Å². The zero-order chi connectivity index (χ0) is 19.5. The number of nitrogens with two attached hydrogens (primary N) is 2. The number of fused-ring (bicyclic) bond motifs is 1. The predicted octanol–water partition coefficient (Wildman–Crippen LogP) is -0.776. The monoisotopic (exact) mass is 420 g/mol. The summed E-state index contributed by atoms with van der Waals surface area (Å²) in [4.78, 5) is 17.0. The molecule has 26 heavy (non-hydrogen) atoms. The van der Waals surface area contributed by atoms with Crippen molar-refractivity contribution in [3.05, 3.63) is 41.4 Å². The average Bonchev–Trinajstić information content (AvgIpc) is 2.54. The second-order valence-electron chi connectivity index (χ2n) is 4.78. The first-order valence-corrected chi connectivity index (χ1v) is 10.1. The Morgan fingerprint density at radius 3 is 2.46 bits per heavy atom. The van der Waals surface area contributed by atoms with Crippen molar-refractivity contribution >= 4 is 43.2 Å². The first kappa shape index (κ1) is 20.0. The second-order valence-corrected chi connectivity index (χ2v) is 8.45. The van der Waals surface area contributed by atoms with Crippen LogP contribution in [0.2, 0.25) is 5.02 Å². The number of rotatable bonds is 2. The lowest BCUT2D eigenvalue weighted by atomic mass is 10.3. The molecule has 1 aromatic heterocycles. The minimum absolute atomic E-state index is 0.0143. The molecule has 0 fully saturated rings. The minimum atomic E-state index is -4.07. The van der Waals surface area contributed by atoms with Crippen LogP contribution in [0, 0.1) is 0 Å². The van der Waals surface area contributed by atoms with Crippen LogP contribution in [0.5, 0.6) is 0 Å². The van der Waals surface area contributed by atoms with E-state index in [4.69, 9.17) is 22.5 Å². The Labute approximate surface area is 153 Å². The van der Waals surface area contributed by atoms with Crippen LogP contribution in [-0.4, -0.2) is 39.4 Å². The van der Waals surface area contributed by atoms with Crippen LogP contribution in [0.1, 0.15) is 10.5 Å². The molecule has 1 aliphatic rings. The van der Waals surface area contributed by atoms with E-state index in [9.17, 15) is 21.6 Å². The predicted molar refractivity (Wildman–Crippen MR) is 92.2 cm³/mol. The van der Waals surface area contributed by atoms with E-state index in [0.29, 0.717) is 0 Å². The van der Waals surface area contributed by atoms with Crippen molar-refractivity contribution in [1.29, 1.82) is 0 Å². The average molecular weight is 421 g/mol. The van der Waals surface area contributed by atoms with E-state index >= 15 is 0 Å². The number of aromatic nitrogens is 2. The lowest BCUT2D eigenvalue weighted by Crippen LogP contribution is -2.34. The van der Waals surface area contributed by atoms with Crippen LogP contribution in [0.4, 0.5) is 5.69 Å². The van der Waals surface area contributed by atoms with Gasteiger partial charge in [0.05, 0.1) is 23.6 Å². The van der Waals surface area contributed by atoms with Crippen molar-refractivity contribution in [2.45, 2.75) is 9.79 Å². The number of hydrogen-bond donors (Lipinski definition) is 4. The lowest BCUT2D eigenvalue weighted by Gasteiger charge is -2.20. The zero-order valence-electron chi connectivity index (χ0n) is 12.9. The highest BCUT2D eigenvalue weighted by Crippen LogP contribution is 2.32. The molecule has 140 valence electrons. The highest BCUT2D eigenvalue weighted by Gasteiger charge is 2.26. The summed E-state index contributed by atoms with van der Waals surface area (Å²) < 4.78 is 47.9. The fourth-order valence-corrected chi connectivity index (χ4v) is 4.13. The SMILES string of the molecule is NC(=O)c1cnccn1.NS(=O)(=O)c1cc2c(cc1Cl)NCNS2(=O)=O. The van der Waals surface area contributed by atoms with E-state index < -0.39 is 30.8 Å². The van der Waals surface area contributed by atoms with Gasteiger partial charge >= 0.3 is 0 Å². The summed E-state index contributed by atoms with van der Waals surface area (Å²) in [7, 11) is -7.80. The van der Waals surface area contributed by atoms with Crippen LogP contribution in [-0.2, 0) is 20.0 Å². The molecule has 1 aliphatic heterocycles. The van der Waals surface area contributed by atoms with Crippen molar-refractivity contribution in [3.63, 3.8) is 0 Å². The van der Waals surface area contributed by atoms with E-state index in [0.717, 1.165) is 6.07 Å². The number of amides is 1. The van der Waals surface area contributed by atoms with Gasteiger partial charge in [-0.1, -0.05) is 11.6 Å².